The van der Waals surface area contributed by atoms with Crippen LogP contribution in [0, 0.1) is 0 Å². The molecule has 0 amide bonds. The van der Waals surface area contributed by atoms with E-state index in [1.165, 1.54) is 27.2 Å². The number of hydrogen-bond donors (Lipinski definition) is 0. The molecule has 0 nitrogen and oxygen atoms in total. The van der Waals surface area contributed by atoms with Gasteiger partial charge in [-0.25, -0.2) is 0 Å². The van der Waals surface area contributed by atoms with Gasteiger partial charge in [-0.2, -0.15) is 0 Å². The minimum Gasteiger partial charge on any atom is -0.0709 e. The Morgan fingerprint density at radius 3 is 1.48 bits per heavy atom. The summed E-state index contributed by atoms with van der Waals surface area (Å²) in [5.74, 6) is 0. The highest BCUT2D eigenvalue weighted by Crippen LogP contribution is 2.35. The molecule has 0 fully saturated rings. The molecule has 0 aliphatic carbocycles. The highest BCUT2D eigenvalue weighted by atomic mass is 31.1. The number of benzene rings is 1. The summed E-state index contributed by atoms with van der Waals surface area (Å²) in [5.41, 5.74) is 11.7. The zero-order valence-corrected chi connectivity index (χ0v) is 22.0. The first-order valence-electron chi connectivity index (χ1n) is 10.1. The molecule has 0 radical (unpaired) electrons. The molecule has 1 rings (SSSR count). The predicted octanol–water partition coefficient (Wildman–Crippen LogP) is 7.53. The van der Waals surface area contributed by atoms with Crippen molar-refractivity contribution in [2.45, 2.75) is 105 Å². The van der Waals surface area contributed by atoms with Gasteiger partial charge in [-0.15, -0.1) is 0 Å². The van der Waals surface area contributed by atoms with Crippen LogP contribution in [0.4, 0.5) is 0 Å². The Morgan fingerprint density at radius 2 is 1.19 bits per heavy atom. The van der Waals surface area contributed by atoms with Crippen LogP contribution in [0.25, 0.3) is 0 Å². The summed E-state index contributed by atoms with van der Waals surface area (Å²) in [5, 5.41) is 2.80. The Bertz CT molecular complexity index is 752. The van der Waals surface area contributed by atoms with Crippen molar-refractivity contribution >= 4 is 27.0 Å². The van der Waals surface area contributed by atoms with Crippen molar-refractivity contribution in [3.8, 4) is 0 Å². The Kier molecular flexibility index (Phi) is 7.07. The third-order valence-electron chi connectivity index (χ3n) is 5.13. The third kappa shape index (κ3) is 6.62. The monoisotopic (exact) mass is 400 g/mol. The lowest BCUT2D eigenvalue weighted by Gasteiger charge is -2.32. The van der Waals surface area contributed by atoms with Crippen LogP contribution < -0.4 is 5.30 Å². The number of allylic oxidation sites excluding steroid dienone is 1. The van der Waals surface area contributed by atoms with E-state index in [-0.39, 0.29) is 16.2 Å². The summed E-state index contributed by atoms with van der Waals surface area (Å²) in [6, 6.07) is 4.88. The highest BCUT2D eigenvalue weighted by Gasteiger charge is 2.28. The van der Waals surface area contributed by atoms with Gasteiger partial charge in [0.15, 0.2) is 0 Å². The molecule has 150 valence electrons. The van der Waals surface area contributed by atoms with E-state index < -0.39 is 8.07 Å². The van der Waals surface area contributed by atoms with E-state index in [2.05, 4.69) is 112 Å². The first-order chi connectivity index (χ1) is 11.8. The van der Waals surface area contributed by atoms with E-state index >= 15 is 0 Å². The van der Waals surface area contributed by atoms with E-state index in [9.17, 15) is 0 Å². The van der Waals surface area contributed by atoms with Crippen molar-refractivity contribution in [2.75, 3.05) is 0 Å². The quantitative estimate of drug-likeness (QED) is 0.273. The molecular weight excluding hydrogens is 359 g/mol. The highest BCUT2D eigenvalue weighted by molar-refractivity contribution is 7.46. The van der Waals surface area contributed by atoms with Crippen molar-refractivity contribution in [2.24, 2.45) is 0 Å². The van der Waals surface area contributed by atoms with Gasteiger partial charge in [-0.05, 0) is 58.7 Å². The summed E-state index contributed by atoms with van der Waals surface area (Å²) in [6.07, 6.45) is 0. The Labute approximate surface area is 172 Å². The molecule has 0 aliphatic heterocycles. The molecule has 1 aromatic rings. The summed E-state index contributed by atoms with van der Waals surface area (Å²) in [6.45, 7) is 30.2. The molecule has 0 saturated heterocycles. The lowest BCUT2D eigenvalue weighted by atomic mass is 9.75. The maximum atomic E-state index is 3.51. The van der Waals surface area contributed by atoms with Crippen molar-refractivity contribution in [1.29, 1.82) is 0 Å². The fourth-order valence-electron chi connectivity index (χ4n) is 2.69. The van der Waals surface area contributed by atoms with E-state index in [1.807, 2.05) is 0 Å². The van der Waals surface area contributed by atoms with Gasteiger partial charge in [0, 0.05) is 5.30 Å². The Balaban J connectivity index is 3.94. The largest absolute Gasteiger partial charge is 0.0828 e. The van der Waals surface area contributed by atoms with Gasteiger partial charge in [-0.1, -0.05) is 99.8 Å². The van der Waals surface area contributed by atoms with Gasteiger partial charge in [0.05, 0.1) is 8.07 Å². The lowest BCUT2D eigenvalue weighted by molar-refractivity contribution is 0.554. The van der Waals surface area contributed by atoms with Crippen LogP contribution in [0.15, 0.2) is 23.1 Å². The maximum Gasteiger partial charge on any atom is 0.0828 e. The second-order valence-electron chi connectivity index (χ2n) is 11.9. The molecule has 0 unspecified atom stereocenters. The van der Waals surface area contributed by atoms with Crippen molar-refractivity contribution in [1.82, 2.24) is 0 Å². The van der Waals surface area contributed by atoms with Gasteiger partial charge in [0.25, 0.3) is 0 Å². The first kappa shape index (κ1) is 24.2. The van der Waals surface area contributed by atoms with Crippen LogP contribution >= 0.6 is 8.20 Å². The average molecular weight is 401 g/mol. The molecule has 0 N–H and O–H groups in total. The number of rotatable bonds is 2. The third-order valence-corrected chi connectivity index (χ3v) is 8.43. The Morgan fingerprint density at radius 1 is 0.778 bits per heavy atom. The van der Waals surface area contributed by atoms with Crippen molar-refractivity contribution in [3.05, 3.63) is 39.8 Å². The molecular formula is C25H41PSi. The molecule has 2 heteroatoms. The topological polar surface area (TPSA) is 0 Å². The molecule has 0 spiro atoms. The van der Waals surface area contributed by atoms with E-state index in [4.69, 9.17) is 0 Å². The van der Waals surface area contributed by atoms with E-state index in [0.29, 0.717) is 0 Å². The molecule has 0 bridgehead atoms. The standard InChI is InChI=1S/C25H41PSi/c1-18(27(11,12)13)14-15-26-22-20(24(5,6)7)16-19(23(2,3)4)17-21(22)25(8,9)10/h16-17H,1-13H3. The van der Waals surface area contributed by atoms with Gasteiger partial charge < -0.3 is 0 Å². The molecule has 0 heterocycles. The minimum atomic E-state index is -1.29. The molecule has 0 saturated carbocycles. The van der Waals surface area contributed by atoms with Gasteiger partial charge in [-0.3, -0.25) is 0 Å². The zero-order chi connectivity index (χ0) is 21.4. The molecule has 27 heavy (non-hydrogen) atoms. The molecule has 0 aliphatic rings. The second kappa shape index (κ2) is 7.89. The summed E-state index contributed by atoms with van der Waals surface area (Å²) in [4.78, 5) is 0. The first-order valence-corrected chi connectivity index (χ1v) is 14.5. The van der Waals surface area contributed by atoms with Crippen LogP contribution in [0.5, 0.6) is 0 Å². The summed E-state index contributed by atoms with van der Waals surface area (Å²) in [7, 11) is -0.158. The smallest absolute Gasteiger partial charge is 0.0709 e. The van der Waals surface area contributed by atoms with Gasteiger partial charge in [0.1, 0.15) is 0 Å². The van der Waals surface area contributed by atoms with Crippen LogP contribution in [0.3, 0.4) is 0 Å². The maximum absolute atomic E-state index is 3.51. The number of hydrogen-bond acceptors (Lipinski definition) is 0. The normalized spacial score (nSPS) is 13.4. The second-order valence-corrected chi connectivity index (χ2v) is 18.0. The van der Waals surface area contributed by atoms with E-state index in [1.54, 1.807) is 0 Å². The summed E-state index contributed by atoms with van der Waals surface area (Å²) >= 11 is 0. The fourth-order valence-corrected chi connectivity index (χ4v) is 4.61. The molecule has 0 aromatic heterocycles. The van der Waals surface area contributed by atoms with Gasteiger partial charge >= 0.3 is 0 Å². The van der Waals surface area contributed by atoms with Crippen LogP contribution in [-0.2, 0) is 16.2 Å². The summed E-state index contributed by atoms with van der Waals surface area (Å²) < 4.78 is 0. The minimum absolute atomic E-state index is 0.100. The predicted molar refractivity (Wildman–Crippen MR) is 130 cm³/mol. The Hall–Kier alpha value is -0.833. The van der Waals surface area contributed by atoms with Crippen molar-refractivity contribution in [3.63, 3.8) is 0 Å². The van der Waals surface area contributed by atoms with Gasteiger partial charge in [0.2, 0.25) is 0 Å². The molecule has 1 aromatic carbocycles. The average Bonchev–Trinajstić information content (AvgIpc) is 2.42. The van der Waals surface area contributed by atoms with Crippen LogP contribution in [-0.4, -0.2) is 13.5 Å². The fraction of sp³-hybridized carbons (Fsp3) is 0.640. The zero-order valence-electron chi connectivity index (χ0n) is 20.1. The van der Waals surface area contributed by atoms with Crippen molar-refractivity contribution < 1.29 is 0 Å². The lowest BCUT2D eigenvalue weighted by Crippen LogP contribution is -2.29. The SMILES string of the molecule is CC(=C=C=Pc1c(C(C)(C)C)cc(C(C)(C)C)cc1C(C)(C)C)[Si](C)(C)C. The molecule has 0 atom stereocenters. The van der Waals surface area contributed by atoms with Crippen LogP contribution in [0.2, 0.25) is 19.6 Å². The van der Waals surface area contributed by atoms with Crippen LogP contribution in [0.1, 0.15) is 85.9 Å². The van der Waals surface area contributed by atoms with E-state index in [0.717, 1.165) is 8.20 Å².